The maximum Gasteiger partial charge on any atom is 0.501 e. The molecule has 106 valence electrons. The molecule has 3 N–H and O–H groups in total. The van der Waals surface area contributed by atoms with Crippen molar-refractivity contribution in [1.82, 2.24) is 5.43 Å². The minimum atomic E-state index is -5.69. The number of nitrogens with zero attached hydrogens (tertiary/aromatic N) is 1. The minimum absolute atomic E-state index is 0.595. The van der Waals surface area contributed by atoms with Crippen LogP contribution in [0.1, 0.15) is 5.56 Å². The third-order valence-corrected chi connectivity index (χ3v) is 3.75. The summed E-state index contributed by atoms with van der Waals surface area (Å²) in [5.74, 6) is 4.90. The first-order valence-corrected chi connectivity index (χ1v) is 6.12. The van der Waals surface area contributed by atoms with Crippen molar-refractivity contribution in [1.29, 1.82) is 0 Å². The van der Waals surface area contributed by atoms with Crippen LogP contribution in [0.3, 0.4) is 0 Å². The summed E-state index contributed by atoms with van der Waals surface area (Å²) in [5, 5.41) is 10.7. The fraction of sp³-hybridized carbons (Fsp3) is 0.250. The molecule has 0 aliphatic heterocycles. The molecule has 1 aromatic carbocycles. The topological polar surface area (TPSA) is 115 Å². The number of hydrogen-bond donors (Lipinski definition) is 2. The number of benzene rings is 1. The van der Waals surface area contributed by atoms with Gasteiger partial charge in [0.2, 0.25) is 0 Å². The van der Waals surface area contributed by atoms with Crippen molar-refractivity contribution in [2.24, 2.45) is 5.84 Å². The first-order chi connectivity index (χ1) is 8.63. The molecule has 0 aromatic heterocycles. The molecule has 0 aliphatic rings. The molecule has 1 rings (SSSR count). The number of sulfone groups is 1. The van der Waals surface area contributed by atoms with Gasteiger partial charge < -0.3 is 0 Å². The van der Waals surface area contributed by atoms with Gasteiger partial charge in [0, 0.05) is 12.6 Å². The smallest absolute Gasteiger partial charge is 0.271 e. The lowest BCUT2D eigenvalue weighted by atomic mass is 10.2. The van der Waals surface area contributed by atoms with Crippen LogP contribution in [0.25, 0.3) is 0 Å². The van der Waals surface area contributed by atoms with Gasteiger partial charge in [-0.1, -0.05) is 6.07 Å². The highest BCUT2D eigenvalue weighted by Crippen LogP contribution is 2.35. The van der Waals surface area contributed by atoms with E-state index in [2.05, 4.69) is 0 Å². The molecule has 7 nitrogen and oxygen atoms in total. The van der Waals surface area contributed by atoms with Gasteiger partial charge in [0.15, 0.2) is 0 Å². The zero-order chi connectivity index (χ0) is 14.8. The standard InChI is InChI=1S/C8H8F3N3O4S/c9-8(10,11)19(17,18)7-3-1-2-6(14(15)16)5(7)4-13-12/h1-3,13H,4,12H2. The van der Waals surface area contributed by atoms with Crippen LogP contribution in [0.2, 0.25) is 0 Å². The van der Waals surface area contributed by atoms with E-state index in [0.29, 0.717) is 6.07 Å². The van der Waals surface area contributed by atoms with E-state index in [-0.39, 0.29) is 0 Å². The summed E-state index contributed by atoms with van der Waals surface area (Å²) in [4.78, 5) is 8.51. The second-order valence-corrected chi connectivity index (χ2v) is 5.25. The van der Waals surface area contributed by atoms with Crippen molar-refractivity contribution in [3.63, 3.8) is 0 Å². The van der Waals surface area contributed by atoms with Gasteiger partial charge in [-0.25, -0.2) is 8.42 Å². The Morgan fingerprint density at radius 1 is 1.37 bits per heavy atom. The van der Waals surface area contributed by atoms with Crippen LogP contribution in [0.5, 0.6) is 0 Å². The van der Waals surface area contributed by atoms with E-state index in [0.717, 1.165) is 12.1 Å². The summed E-state index contributed by atoms with van der Waals surface area (Å²) in [6, 6.07) is 2.39. The largest absolute Gasteiger partial charge is 0.501 e. The first kappa shape index (κ1) is 15.3. The fourth-order valence-corrected chi connectivity index (χ4v) is 2.39. The van der Waals surface area contributed by atoms with Crippen molar-refractivity contribution in [2.45, 2.75) is 16.9 Å². The van der Waals surface area contributed by atoms with Crippen molar-refractivity contribution in [3.05, 3.63) is 33.9 Å². The van der Waals surface area contributed by atoms with Gasteiger partial charge in [-0.2, -0.15) is 13.2 Å². The second-order valence-electron chi connectivity index (χ2n) is 3.34. The highest BCUT2D eigenvalue weighted by Gasteiger charge is 2.48. The molecule has 0 heterocycles. The highest BCUT2D eigenvalue weighted by molar-refractivity contribution is 7.92. The lowest BCUT2D eigenvalue weighted by molar-refractivity contribution is -0.385. The van der Waals surface area contributed by atoms with E-state index in [1.54, 1.807) is 0 Å². The molecule has 0 unspecified atom stereocenters. The molecule has 0 fully saturated rings. The van der Waals surface area contributed by atoms with Gasteiger partial charge in [-0.15, -0.1) is 0 Å². The molecule has 0 spiro atoms. The predicted molar refractivity (Wildman–Crippen MR) is 57.4 cm³/mol. The molecular weight excluding hydrogens is 291 g/mol. The Morgan fingerprint density at radius 3 is 2.37 bits per heavy atom. The average molecular weight is 299 g/mol. The summed E-state index contributed by atoms with van der Waals surface area (Å²) in [6.45, 7) is -0.595. The van der Waals surface area contributed by atoms with Crippen LogP contribution in [-0.4, -0.2) is 18.8 Å². The number of hydrazine groups is 1. The maximum absolute atomic E-state index is 12.5. The monoisotopic (exact) mass is 299 g/mol. The zero-order valence-electron chi connectivity index (χ0n) is 9.14. The maximum atomic E-state index is 12.5. The second kappa shape index (κ2) is 5.11. The van der Waals surface area contributed by atoms with Crippen molar-refractivity contribution in [3.8, 4) is 0 Å². The molecule has 0 atom stereocenters. The molecular formula is C8H8F3N3O4S. The Labute approximate surface area is 105 Å². The van der Waals surface area contributed by atoms with Crippen molar-refractivity contribution < 1.29 is 26.5 Å². The third-order valence-electron chi connectivity index (χ3n) is 2.18. The molecule has 0 bridgehead atoms. The first-order valence-electron chi connectivity index (χ1n) is 4.64. The summed E-state index contributed by atoms with van der Waals surface area (Å²) in [6.07, 6.45) is 0. The zero-order valence-corrected chi connectivity index (χ0v) is 9.96. The number of rotatable bonds is 4. The van der Waals surface area contributed by atoms with Gasteiger partial charge in [-0.3, -0.25) is 21.4 Å². The van der Waals surface area contributed by atoms with Crippen LogP contribution in [-0.2, 0) is 16.4 Å². The Hall–Kier alpha value is -1.72. The number of hydrogen-bond acceptors (Lipinski definition) is 6. The van der Waals surface area contributed by atoms with Crippen LogP contribution >= 0.6 is 0 Å². The number of nitrogens with two attached hydrogens (primary N) is 1. The minimum Gasteiger partial charge on any atom is -0.271 e. The number of halogens is 3. The Morgan fingerprint density at radius 2 is 1.95 bits per heavy atom. The molecule has 0 aliphatic carbocycles. The highest BCUT2D eigenvalue weighted by atomic mass is 32.2. The summed E-state index contributed by atoms with van der Waals surface area (Å²) in [5.41, 5.74) is -5.05. The van der Waals surface area contributed by atoms with E-state index in [1.165, 1.54) is 0 Å². The van der Waals surface area contributed by atoms with Gasteiger partial charge in [-0.05, 0) is 6.07 Å². The summed E-state index contributed by atoms with van der Waals surface area (Å²) >= 11 is 0. The number of nitro benzene ring substituents is 1. The van der Waals surface area contributed by atoms with Crippen LogP contribution < -0.4 is 11.3 Å². The normalized spacial score (nSPS) is 12.4. The SMILES string of the molecule is NNCc1c([N+](=O)[O-])cccc1S(=O)(=O)C(F)(F)F. The average Bonchev–Trinajstić information content (AvgIpc) is 2.27. The lowest BCUT2D eigenvalue weighted by Crippen LogP contribution is -2.27. The molecule has 0 amide bonds. The quantitative estimate of drug-likeness (QED) is 0.484. The molecule has 0 saturated heterocycles. The van der Waals surface area contributed by atoms with Gasteiger partial charge in [0.05, 0.1) is 15.4 Å². The van der Waals surface area contributed by atoms with Crippen LogP contribution in [0, 0.1) is 10.1 Å². The van der Waals surface area contributed by atoms with Crippen molar-refractivity contribution >= 4 is 15.5 Å². The van der Waals surface area contributed by atoms with Gasteiger partial charge in [0.1, 0.15) is 0 Å². The van der Waals surface area contributed by atoms with Crippen LogP contribution in [0.15, 0.2) is 23.1 Å². The number of alkyl halides is 3. The Balaban J connectivity index is 3.62. The number of nitrogens with one attached hydrogen (secondary N) is 1. The lowest BCUT2D eigenvalue weighted by Gasteiger charge is -2.12. The van der Waals surface area contributed by atoms with Crippen molar-refractivity contribution in [2.75, 3.05) is 0 Å². The molecule has 0 radical (unpaired) electrons. The summed E-state index contributed by atoms with van der Waals surface area (Å²) in [7, 11) is -5.69. The molecule has 1 aromatic rings. The fourth-order valence-electron chi connectivity index (χ4n) is 1.38. The Bertz CT molecular complexity index is 600. The van der Waals surface area contributed by atoms with Gasteiger partial charge >= 0.3 is 5.51 Å². The third kappa shape index (κ3) is 2.83. The molecule has 0 saturated carbocycles. The predicted octanol–water partition coefficient (Wildman–Crippen LogP) is 0.852. The van der Waals surface area contributed by atoms with E-state index >= 15 is 0 Å². The van der Waals surface area contributed by atoms with Crippen LogP contribution in [0.4, 0.5) is 18.9 Å². The molecule has 11 heteroatoms. The number of nitro groups is 1. The van der Waals surface area contributed by atoms with E-state index < -0.39 is 43.0 Å². The summed E-state index contributed by atoms with van der Waals surface area (Å²) < 4.78 is 60.0. The van der Waals surface area contributed by atoms with E-state index in [4.69, 9.17) is 5.84 Å². The van der Waals surface area contributed by atoms with E-state index in [9.17, 15) is 31.7 Å². The van der Waals surface area contributed by atoms with Gasteiger partial charge in [0.25, 0.3) is 15.5 Å². The Kier molecular flexibility index (Phi) is 4.12. The molecule has 19 heavy (non-hydrogen) atoms. The van der Waals surface area contributed by atoms with E-state index in [1.807, 2.05) is 5.43 Å².